The van der Waals surface area contributed by atoms with Crippen molar-refractivity contribution in [1.29, 1.82) is 0 Å². The van der Waals surface area contributed by atoms with Crippen LogP contribution >= 0.6 is 35.3 Å². The second-order valence-corrected chi connectivity index (χ2v) is 4.81. The number of thiol groups is 1. The van der Waals surface area contributed by atoms with Crippen LogP contribution in [-0.2, 0) is 0 Å². The predicted octanol–water partition coefficient (Wildman–Crippen LogP) is 2.74. The summed E-state index contributed by atoms with van der Waals surface area (Å²) in [5, 5.41) is 1.28. The molecule has 0 N–H and O–H groups in total. The molecule has 0 aliphatic carbocycles. The number of hydrogen-bond donors (Lipinski definition) is 1. The molecule has 0 aromatic carbocycles. The quantitative estimate of drug-likeness (QED) is 0.719. The Labute approximate surface area is 77.7 Å². The lowest BCUT2D eigenvalue weighted by atomic mass is 10.5. The molecule has 0 saturated heterocycles. The highest BCUT2D eigenvalue weighted by Gasteiger charge is 2.08. The third-order valence-corrected chi connectivity index (χ3v) is 3.70. The first-order valence-corrected chi connectivity index (χ1v) is 5.36. The van der Waals surface area contributed by atoms with E-state index in [-0.39, 0.29) is 5.25 Å². The first-order valence-electron chi connectivity index (χ1n) is 3.15. The van der Waals surface area contributed by atoms with Crippen molar-refractivity contribution < 1.29 is 0 Å². The molecule has 0 bridgehead atoms. The maximum Gasteiger partial charge on any atom is 0.154 e. The fourth-order valence-electron chi connectivity index (χ4n) is 0.775. The van der Waals surface area contributed by atoms with E-state index in [2.05, 4.69) is 22.6 Å². The molecule has 2 aromatic heterocycles. The molecule has 1 unspecified atom stereocenters. The molecule has 0 spiro atoms. The lowest BCUT2D eigenvalue weighted by Gasteiger charge is -1.93. The molecule has 0 fully saturated rings. The normalized spacial score (nSPS) is 14.0. The molecule has 0 aliphatic rings. The third-order valence-electron chi connectivity index (χ3n) is 1.29. The van der Waals surface area contributed by atoms with E-state index in [0.717, 1.165) is 14.7 Å². The number of hydrogen-bond acceptors (Lipinski definition) is 5. The minimum Gasteiger partial charge on any atom is -0.232 e. The molecule has 5 heteroatoms. The SMILES string of the molecule is CC(S)c1nc2scnc2s1. The zero-order valence-corrected chi connectivity index (χ0v) is 8.34. The van der Waals surface area contributed by atoms with Crippen LogP contribution in [0.5, 0.6) is 0 Å². The van der Waals surface area contributed by atoms with E-state index in [1.54, 1.807) is 22.7 Å². The Morgan fingerprint density at radius 3 is 3.00 bits per heavy atom. The Hall–Kier alpha value is -0.130. The number of thiazole rings is 2. The van der Waals surface area contributed by atoms with E-state index in [1.807, 2.05) is 12.4 Å². The van der Waals surface area contributed by atoms with Gasteiger partial charge in [0.25, 0.3) is 0 Å². The van der Waals surface area contributed by atoms with Crippen LogP contribution in [0.1, 0.15) is 17.2 Å². The van der Waals surface area contributed by atoms with Gasteiger partial charge in [0.15, 0.2) is 9.66 Å². The summed E-state index contributed by atoms with van der Waals surface area (Å²) in [4.78, 5) is 10.6. The molecule has 0 radical (unpaired) electrons. The van der Waals surface area contributed by atoms with Crippen molar-refractivity contribution in [3.63, 3.8) is 0 Å². The second-order valence-electron chi connectivity index (χ2n) is 2.19. The maximum absolute atomic E-state index is 4.37. The Morgan fingerprint density at radius 1 is 1.55 bits per heavy atom. The number of nitrogens with zero attached hydrogens (tertiary/aromatic N) is 2. The first kappa shape index (κ1) is 7.52. The average molecular weight is 202 g/mol. The van der Waals surface area contributed by atoms with Crippen molar-refractivity contribution in [2.75, 3.05) is 0 Å². The second kappa shape index (κ2) is 2.73. The van der Waals surface area contributed by atoms with Crippen LogP contribution in [0.15, 0.2) is 5.51 Å². The molecule has 0 amide bonds. The topological polar surface area (TPSA) is 25.8 Å². The van der Waals surface area contributed by atoms with E-state index in [0.29, 0.717) is 0 Å². The highest BCUT2D eigenvalue weighted by atomic mass is 32.1. The van der Waals surface area contributed by atoms with Crippen LogP contribution in [0.2, 0.25) is 0 Å². The van der Waals surface area contributed by atoms with Crippen molar-refractivity contribution in [3.05, 3.63) is 10.5 Å². The number of aromatic nitrogens is 2. The van der Waals surface area contributed by atoms with Gasteiger partial charge in [-0.15, -0.1) is 11.3 Å². The van der Waals surface area contributed by atoms with Gasteiger partial charge in [-0.3, -0.25) is 0 Å². The van der Waals surface area contributed by atoms with Gasteiger partial charge < -0.3 is 0 Å². The lowest BCUT2D eigenvalue weighted by molar-refractivity contribution is 1.09. The van der Waals surface area contributed by atoms with Crippen LogP contribution in [-0.4, -0.2) is 9.97 Å². The summed E-state index contributed by atoms with van der Waals surface area (Å²) in [5.74, 6) is 0. The van der Waals surface area contributed by atoms with E-state index in [4.69, 9.17) is 0 Å². The Bertz CT molecular complexity index is 334. The van der Waals surface area contributed by atoms with Crippen LogP contribution in [0, 0.1) is 0 Å². The molecule has 11 heavy (non-hydrogen) atoms. The third kappa shape index (κ3) is 1.28. The minimum absolute atomic E-state index is 0.224. The van der Waals surface area contributed by atoms with E-state index < -0.39 is 0 Å². The van der Waals surface area contributed by atoms with Gasteiger partial charge in [-0.1, -0.05) is 11.3 Å². The van der Waals surface area contributed by atoms with Crippen LogP contribution in [0.3, 0.4) is 0 Å². The molecule has 58 valence electrons. The summed E-state index contributed by atoms with van der Waals surface area (Å²) in [6.45, 7) is 2.02. The number of fused-ring (bicyclic) bond motifs is 1. The largest absolute Gasteiger partial charge is 0.232 e. The van der Waals surface area contributed by atoms with E-state index in [9.17, 15) is 0 Å². The van der Waals surface area contributed by atoms with Crippen molar-refractivity contribution in [1.82, 2.24) is 9.97 Å². The molecule has 2 nitrogen and oxygen atoms in total. The maximum atomic E-state index is 4.37. The summed E-state index contributed by atoms with van der Waals surface area (Å²) in [5.41, 5.74) is 1.82. The summed E-state index contributed by atoms with van der Waals surface area (Å²) in [6, 6.07) is 0. The van der Waals surface area contributed by atoms with Gasteiger partial charge in [0.05, 0.1) is 10.8 Å². The summed E-state index contributed by atoms with van der Waals surface area (Å²) in [6.07, 6.45) is 0. The van der Waals surface area contributed by atoms with Gasteiger partial charge in [0.1, 0.15) is 5.01 Å². The van der Waals surface area contributed by atoms with Gasteiger partial charge in [-0.2, -0.15) is 12.6 Å². The molecule has 1 atom stereocenters. The molecular weight excluding hydrogens is 196 g/mol. The fraction of sp³-hybridized carbons (Fsp3) is 0.333. The fourth-order valence-corrected chi connectivity index (χ4v) is 2.69. The first-order chi connectivity index (χ1) is 5.27. The van der Waals surface area contributed by atoms with Crippen molar-refractivity contribution in [3.8, 4) is 0 Å². The Kier molecular flexibility index (Phi) is 1.86. The average Bonchev–Trinajstić information content (AvgIpc) is 2.40. The zero-order chi connectivity index (χ0) is 7.84. The smallest absolute Gasteiger partial charge is 0.154 e. The summed E-state index contributed by atoms with van der Waals surface area (Å²) in [7, 11) is 0. The molecule has 2 rings (SSSR count). The van der Waals surface area contributed by atoms with Gasteiger partial charge in [0.2, 0.25) is 0 Å². The van der Waals surface area contributed by atoms with Crippen molar-refractivity contribution in [2.24, 2.45) is 0 Å². The highest BCUT2D eigenvalue weighted by molar-refractivity contribution is 7.80. The Morgan fingerprint density at radius 2 is 2.36 bits per heavy atom. The van der Waals surface area contributed by atoms with Crippen LogP contribution in [0.25, 0.3) is 9.66 Å². The van der Waals surface area contributed by atoms with Crippen molar-refractivity contribution in [2.45, 2.75) is 12.2 Å². The molecule has 0 saturated carbocycles. The molecular formula is C6H6N2S3. The van der Waals surface area contributed by atoms with E-state index in [1.165, 1.54) is 0 Å². The molecule has 0 aliphatic heterocycles. The van der Waals surface area contributed by atoms with Crippen LogP contribution < -0.4 is 0 Å². The van der Waals surface area contributed by atoms with Gasteiger partial charge >= 0.3 is 0 Å². The van der Waals surface area contributed by atoms with Crippen LogP contribution in [0.4, 0.5) is 0 Å². The Balaban J connectivity index is 2.58. The lowest BCUT2D eigenvalue weighted by Crippen LogP contribution is -1.78. The number of rotatable bonds is 1. The van der Waals surface area contributed by atoms with Gasteiger partial charge in [0, 0.05) is 0 Å². The standard InChI is InChI=1S/C6H6N2S3/c1-3(9)4-8-6-5(11-4)7-2-10-6/h2-3,9H,1H3. The zero-order valence-electron chi connectivity index (χ0n) is 5.81. The molecule has 2 aromatic rings. The van der Waals surface area contributed by atoms with E-state index >= 15 is 0 Å². The van der Waals surface area contributed by atoms with Gasteiger partial charge in [-0.25, -0.2) is 9.97 Å². The predicted molar refractivity (Wildman–Crippen MR) is 52.7 cm³/mol. The highest BCUT2D eigenvalue weighted by Crippen LogP contribution is 2.29. The minimum atomic E-state index is 0.224. The molecule has 2 heterocycles. The summed E-state index contributed by atoms with van der Waals surface area (Å²) >= 11 is 7.50. The monoisotopic (exact) mass is 202 g/mol. The summed E-state index contributed by atoms with van der Waals surface area (Å²) < 4.78 is 0. The van der Waals surface area contributed by atoms with Gasteiger partial charge in [-0.05, 0) is 6.92 Å². The van der Waals surface area contributed by atoms with Crippen molar-refractivity contribution >= 4 is 45.0 Å².